The number of benzene rings is 2. The SMILES string of the molecule is CC(C)CS.CCC(=O)c1cnn(C2CCOCC2)c1C1=Cc2cc(OC)ccc2-c2c(C3CCCCC3)c3ccc(C(N)=O)cc3n2C1. The van der Waals surface area contributed by atoms with Gasteiger partial charge in [-0.1, -0.05) is 46.1 Å². The number of thiol groups is 1. The smallest absolute Gasteiger partial charge is 0.248 e. The van der Waals surface area contributed by atoms with E-state index in [-0.39, 0.29) is 11.8 Å². The number of ether oxygens (including phenoxy) is 2. The Hall–Kier alpha value is -3.82. The highest BCUT2D eigenvalue weighted by atomic mass is 32.1. The summed E-state index contributed by atoms with van der Waals surface area (Å²) in [5.74, 6) is 2.58. The molecule has 1 aliphatic carbocycles. The van der Waals surface area contributed by atoms with Crippen molar-refractivity contribution in [2.45, 2.75) is 90.6 Å². The molecule has 0 unspecified atom stereocenters. The van der Waals surface area contributed by atoms with Gasteiger partial charge in [-0.3, -0.25) is 14.3 Å². The van der Waals surface area contributed by atoms with Crippen LogP contribution in [0.1, 0.15) is 122 Å². The van der Waals surface area contributed by atoms with E-state index >= 15 is 0 Å². The van der Waals surface area contributed by atoms with Crippen molar-refractivity contribution in [1.29, 1.82) is 0 Å². The first-order valence-corrected chi connectivity index (χ1v) is 18.5. The van der Waals surface area contributed by atoms with Gasteiger partial charge in [0.2, 0.25) is 5.91 Å². The average Bonchev–Trinajstić information content (AvgIpc) is 3.66. The van der Waals surface area contributed by atoms with Crippen LogP contribution in [0.25, 0.3) is 33.8 Å². The van der Waals surface area contributed by atoms with Crippen molar-refractivity contribution in [2.75, 3.05) is 26.1 Å². The van der Waals surface area contributed by atoms with Gasteiger partial charge < -0.3 is 19.8 Å². The Labute approximate surface area is 295 Å². The molecular formula is C40H50N4O4S. The molecule has 8 nitrogen and oxygen atoms in total. The molecule has 4 heterocycles. The maximum Gasteiger partial charge on any atom is 0.248 e. The van der Waals surface area contributed by atoms with Crippen molar-refractivity contribution < 1.29 is 19.1 Å². The number of fused-ring (bicyclic) bond motifs is 5. The summed E-state index contributed by atoms with van der Waals surface area (Å²) in [6, 6.07) is 12.3. The molecule has 2 fully saturated rings. The van der Waals surface area contributed by atoms with E-state index in [0.717, 1.165) is 71.0 Å². The van der Waals surface area contributed by atoms with Crippen LogP contribution in [-0.2, 0) is 11.3 Å². The molecule has 1 amide bonds. The number of carbonyl (C=O) groups is 2. The number of nitrogens with two attached hydrogens (primary N) is 1. The minimum absolute atomic E-state index is 0.0748. The summed E-state index contributed by atoms with van der Waals surface area (Å²) in [7, 11) is 1.69. The summed E-state index contributed by atoms with van der Waals surface area (Å²) in [5.41, 5.74) is 14.5. The molecule has 260 valence electrons. The first-order valence-electron chi connectivity index (χ1n) is 17.9. The molecule has 2 aromatic carbocycles. The van der Waals surface area contributed by atoms with E-state index in [2.05, 4.69) is 60.0 Å². The van der Waals surface area contributed by atoms with Gasteiger partial charge in [0.05, 0.1) is 42.8 Å². The van der Waals surface area contributed by atoms with Gasteiger partial charge in [-0.05, 0) is 96.4 Å². The number of allylic oxidation sites excluding steroid dienone is 1. The highest BCUT2D eigenvalue weighted by Gasteiger charge is 2.32. The lowest BCUT2D eigenvalue weighted by molar-refractivity contribution is 0.0659. The van der Waals surface area contributed by atoms with Gasteiger partial charge in [0.15, 0.2) is 5.78 Å². The summed E-state index contributed by atoms with van der Waals surface area (Å²) >= 11 is 4.02. The number of methoxy groups -OCH3 is 1. The number of hydrogen-bond donors (Lipinski definition) is 2. The summed E-state index contributed by atoms with van der Waals surface area (Å²) in [6.07, 6.45) is 12.0. The average molecular weight is 683 g/mol. The molecule has 2 aromatic heterocycles. The number of hydrogen-bond acceptors (Lipinski definition) is 6. The number of Topliss-reactive ketones (excluding diaryl/α,β-unsaturated/α-hetero) is 1. The third-order valence-corrected chi connectivity index (χ3v) is 10.9. The van der Waals surface area contributed by atoms with Gasteiger partial charge in [0.1, 0.15) is 5.75 Å². The quantitative estimate of drug-likeness (QED) is 0.143. The van der Waals surface area contributed by atoms with Crippen LogP contribution in [0.5, 0.6) is 5.75 Å². The van der Waals surface area contributed by atoms with E-state index in [0.29, 0.717) is 43.2 Å². The molecule has 4 aromatic rings. The van der Waals surface area contributed by atoms with E-state index in [1.165, 1.54) is 35.9 Å². The lowest BCUT2D eigenvalue weighted by Crippen LogP contribution is -2.23. The third kappa shape index (κ3) is 7.11. The molecule has 3 aliphatic rings. The van der Waals surface area contributed by atoms with Crippen molar-refractivity contribution >= 4 is 46.9 Å². The number of aromatic nitrogens is 3. The van der Waals surface area contributed by atoms with E-state index in [1.54, 1.807) is 13.3 Å². The van der Waals surface area contributed by atoms with Crippen molar-refractivity contribution in [3.8, 4) is 17.0 Å². The van der Waals surface area contributed by atoms with Crippen molar-refractivity contribution in [3.63, 3.8) is 0 Å². The van der Waals surface area contributed by atoms with E-state index in [4.69, 9.17) is 20.3 Å². The summed E-state index contributed by atoms with van der Waals surface area (Å²) in [6.45, 7) is 8.07. The molecular weight excluding hydrogens is 633 g/mol. The van der Waals surface area contributed by atoms with Gasteiger partial charge in [-0.2, -0.15) is 17.7 Å². The number of primary amides is 1. The Balaban J connectivity index is 0.000000778. The van der Waals surface area contributed by atoms with Crippen LogP contribution in [0.4, 0.5) is 0 Å². The molecule has 1 saturated heterocycles. The summed E-state index contributed by atoms with van der Waals surface area (Å²) < 4.78 is 15.8. The van der Waals surface area contributed by atoms with Crippen molar-refractivity contribution in [1.82, 2.24) is 14.3 Å². The number of rotatable bonds is 8. The normalized spacial score (nSPS) is 16.7. The minimum atomic E-state index is -0.440. The van der Waals surface area contributed by atoms with Crippen LogP contribution in [-0.4, -0.2) is 52.1 Å². The van der Waals surface area contributed by atoms with E-state index in [1.807, 2.05) is 25.1 Å². The zero-order valence-electron chi connectivity index (χ0n) is 29.3. The maximum absolute atomic E-state index is 13.4. The maximum atomic E-state index is 13.4. The van der Waals surface area contributed by atoms with E-state index < -0.39 is 5.91 Å². The van der Waals surface area contributed by atoms with Crippen LogP contribution < -0.4 is 10.5 Å². The zero-order chi connectivity index (χ0) is 34.7. The molecule has 0 radical (unpaired) electrons. The number of nitrogens with zero attached hydrogens (tertiary/aromatic N) is 3. The topological polar surface area (TPSA) is 101 Å². The second kappa shape index (κ2) is 15.4. The second-order valence-corrected chi connectivity index (χ2v) is 14.3. The Morgan fingerprint density at radius 2 is 1.78 bits per heavy atom. The Morgan fingerprint density at radius 1 is 1.04 bits per heavy atom. The highest BCUT2D eigenvalue weighted by Crippen LogP contribution is 2.48. The molecule has 2 N–H and O–H groups in total. The fraction of sp³-hybridized carbons (Fsp3) is 0.475. The molecule has 0 bridgehead atoms. The fourth-order valence-electron chi connectivity index (χ4n) is 7.62. The molecule has 0 spiro atoms. The predicted molar refractivity (Wildman–Crippen MR) is 201 cm³/mol. The Bertz CT molecular complexity index is 1860. The Morgan fingerprint density at radius 3 is 2.43 bits per heavy atom. The molecule has 0 atom stereocenters. The zero-order valence-corrected chi connectivity index (χ0v) is 30.2. The predicted octanol–water partition coefficient (Wildman–Crippen LogP) is 8.73. The summed E-state index contributed by atoms with van der Waals surface area (Å²) in [5, 5.41) is 6.01. The molecule has 49 heavy (non-hydrogen) atoms. The van der Waals surface area contributed by atoms with Crippen LogP contribution in [0.3, 0.4) is 0 Å². The van der Waals surface area contributed by atoms with Crippen LogP contribution in [0.15, 0.2) is 42.6 Å². The first-order chi connectivity index (χ1) is 23.7. The van der Waals surface area contributed by atoms with Gasteiger partial charge >= 0.3 is 0 Å². The van der Waals surface area contributed by atoms with E-state index in [9.17, 15) is 9.59 Å². The van der Waals surface area contributed by atoms with Gasteiger partial charge in [-0.25, -0.2) is 0 Å². The molecule has 1 saturated carbocycles. The molecule has 9 heteroatoms. The second-order valence-electron chi connectivity index (χ2n) is 14.0. The van der Waals surface area contributed by atoms with Crippen LogP contribution in [0.2, 0.25) is 0 Å². The monoisotopic (exact) mass is 682 g/mol. The third-order valence-electron chi connectivity index (χ3n) is 10.2. The largest absolute Gasteiger partial charge is 0.497 e. The van der Waals surface area contributed by atoms with Crippen molar-refractivity contribution in [2.24, 2.45) is 11.7 Å². The molecule has 7 rings (SSSR count). The van der Waals surface area contributed by atoms with Crippen molar-refractivity contribution in [3.05, 3.63) is 70.5 Å². The first kappa shape index (κ1) is 35.0. The Kier molecular flexibility index (Phi) is 11.0. The lowest BCUT2D eigenvalue weighted by Gasteiger charge is -2.25. The van der Waals surface area contributed by atoms with Crippen LogP contribution >= 0.6 is 12.6 Å². The van der Waals surface area contributed by atoms with Gasteiger partial charge in [0, 0.05) is 41.7 Å². The van der Waals surface area contributed by atoms with Gasteiger partial charge in [-0.15, -0.1) is 0 Å². The number of carbonyl (C=O) groups excluding carboxylic acids is 2. The minimum Gasteiger partial charge on any atom is -0.497 e. The highest BCUT2D eigenvalue weighted by molar-refractivity contribution is 7.80. The summed E-state index contributed by atoms with van der Waals surface area (Å²) in [4.78, 5) is 25.8. The standard InChI is InChI=1S/C36H40N4O4.C4H10S/c1-3-32(41)30-20-38-40(26-13-15-44-16-14-26)34(30)25-17-24-18-27(43-2)10-12-28(24)35-33(22-7-5-4-6-8-22)29-11-9-23(36(37)42)19-31(29)39(35)21-25;1-4(2)3-5/h9-12,17-20,22,26H,3-8,13-16,21H2,1-2H3,(H2,37,42);4-5H,3H2,1-2H3. The fourth-order valence-corrected chi connectivity index (χ4v) is 7.62. The van der Waals surface area contributed by atoms with Gasteiger partial charge in [0.25, 0.3) is 0 Å². The van der Waals surface area contributed by atoms with Crippen LogP contribution in [0, 0.1) is 5.92 Å². The molecule has 2 aliphatic heterocycles. The lowest BCUT2D eigenvalue weighted by atomic mass is 9.81. The number of amides is 1. The number of ketones is 1.